The average Bonchev–Trinajstić information content (AvgIpc) is 3.53. The fourth-order valence-electron chi connectivity index (χ4n) is 3.78. The molecule has 16 heteroatoms. The maximum absolute atomic E-state index is 13.7. The van der Waals surface area contributed by atoms with E-state index in [9.17, 15) is 18.4 Å². The fraction of sp³-hybridized carbons (Fsp3) is 0.292. The minimum Gasteiger partial charge on any atom is -0.349 e. The first-order chi connectivity index (χ1) is 19.1. The van der Waals surface area contributed by atoms with Crippen LogP contribution in [0.1, 0.15) is 51.3 Å². The molecule has 0 fully saturated rings. The number of hydrogen-bond donors (Lipinski definition) is 2. The number of benzene rings is 1. The number of amides is 2. The summed E-state index contributed by atoms with van der Waals surface area (Å²) in [5.74, 6) is -0.939. The molecule has 2 amide bonds. The second-order valence-corrected chi connectivity index (χ2v) is 10.4. The Morgan fingerprint density at radius 2 is 1.93 bits per heavy atom. The molecule has 0 bridgehead atoms. The number of pyridine rings is 1. The lowest BCUT2D eigenvalue weighted by Crippen LogP contribution is -2.35. The molecular weight excluding hydrogens is 587 g/mol. The second kappa shape index (κ2) is 12.7. The number of anilines is 1. The fourth-order valence-corrected chi connectivity index (χ4v) is 4.84. The standard InChI is InChI=1S/C24H23Cl2F2N9O2S/c1-12-7-14(25)8-16(23(38)30-13(2)11-40-3)19(12)31-24(39)18-9-15(10-36-34-21(20(27)28)32-35-36)33-37(18)22-17(26)5-4-6-29-22/h4-9,13,20H,10-11H2,1-3H3,(H,30,38)(H,31,39)/t13-/m0/s1. The molecule has 11 nitrogen and oxygen atoms in total. The maximum Gasteiger partial charge on any atom is 0.301 e. The molecule has 0 aliphatic carbocycles. The normalized spacial score (nSPS) is 12.0. The Morgan fingerprint density at radius 3 is 2.60 bits per heavy atom. The number of nitrogens with one attached hydrogen (secondary N) is 2. The first-order valence-electron chi connectivity index (χ1n) is 11.7. The van der Waals surface area contributed by atoms with Gasteiger partial charge in [0.2, 0.25) is 5.82 Å². The summed E-state index contributed by atoms with van der Waals surface area (Å²) in [5, 5.41) is 21.2. The van der Waals surface area contributed by atoms with Crippen LogP contribution >= 0.6 is 35.0 Å². The molecule has 210 valence electrons. The molecular formula is C24H23Cl2F2N9O2S. The lowest BCUT2D eigenvalue weighted by atomic mass is 10.1. The molecule has 0 spiro atoms. The molecule has 4 rings (SSSR count). The molecule has 0 saturated carbocycles. The third-order valence-corrected chi connectivity index (χ3v) is 6.82. The van der Waals surface area contributed by atoms with Crippen molar-refractivity contribution in [2.24, 2.45) is 0 Å². The monoisotopic (exact) mass is 609 g/mol. The highest BCUT2D eigenvalue weighted by molar-refractivity contribution is 7.98. The summed E-state index contributed by atoms with van der Waals surface area (Å²) in [6.07, 6.45) is 0.511. The van der Waals surface area contributed by atoms with Crippen molar-refractivity contribution in [3.05, 3.63) is 74.9 Å². The van der Waals surface area contributed by atoms with Crippen molar-refractivity contribution >= 4 is 52.5 Å². The molecule has 40 heavy (non-hydrogen) atoms. The van der Waals surface area contributed by atoms with Gasteiger partial charge in [-0.2, -0.15) is 21.7 Å². The summed E-state index contributed by atoms with van der Waals surface area (Å²) in [7, 11) is 0. The summed E-state index contributed by atoms with van der Waals surface area (Å²) >= 11 is 14.2. The topological polar surface area (TPSA) is 133 Å². The zero-order valence-corrected chi connectivity index (χ0v) is 23.7. The third-order valence-electron chi connectivity index (χ3n) is 5.48. The summed E-state index contributed by atoms with van der Waals surface area (Å²) < 4.78 is 27.0. The third kappa shape index (κ3) is 6.74. The summed E-state index contributed by atoms with van der Waals surface area (Å²) in [6.45, 7) is 3.41. The zero-order chi connectivity index (χ0) is 29.0. The van der Waals surface area contributed by atoms with E-state index in [1.54, 1.807) is 36.9 Å². The van der Waals surface area contributed by atoms with Crippen LogP contribution in [0.4, 0.5) is 14.5 Å². The Hall–Kier alpha value is -3.62. The number of halogens is 4. The minimum atomic E-state index is -2.89. The van der Waals surface area contributed by atoms with Gasteiger partial charge >= 0.3 is 6.43 Å². The average molecular weight is 610 g/mol. The maximum atomic E-state index is 13.7. The van der Waals surface area contributed by atoms with Gasteiger partial charge in [-0.1, -0.05) is 23.2 Å². The highest BCUT2D eigenvalue weighted by atomic mass is 35.5. The van der Waals surface area contributed by atoms with Crippen molar-refractivity contribution in [1.82, 2.24) is 40.3 Å². The Labute approximate surface area is 241 Å². The van der Waals surface area contributed by atoms with Crippen molar-refractivity contribution in [3.8, 4) is 5.82 Å². The van der Waals surface area contributed by atoms with Crippen molar-refractivity contribution in [2.75, 3.05) is 17.3 Å². The van der Waals surface area contributed by atoms with Gasteiger partial charge in [-0.05, 0) is 61.2 Å². The van der Waals surface area contributed by atoms with E-state index >= 15 is 0 Å². The molecule has 0 radical (unpaired) electrons. The Balaban J connectivity index is 1.71. The van der Waals surface area contributed by atoms with Crippen LogP contribution in [0.3, 0.4) is 0 Å². The molecule has 1 aromatic carbocycles. The molecule has 0 aliphatic heterocycles. The Kier molecular flexibility index (Phi) is 9.32. The minimum absolute atomic E-state index is 0.00116. The van der Waals surface area contributed by atoms with Crippen molar-refractivity contribution in [1.29, 1.82) is 0 Å². The van der Waals surface area contributed by atoms with Gasteiger partial charge in [-0.25, -0.2) is 18.4 Å². The molecule has 0 unspecified atom stereocenters. The molecule has 0 saturated heterocycles. The molecule has 1 atom stereocenters. The van der Waals surface area contributed by atoms with Crippen LogP contribution in [0.2, 0.25) is 10.0 Å². The van der Waals surface area contributed by atoms with E-state index in [1.165, 1.54) is 23.0 Å². The van der Waals surface area contributed by atoms with Crippen molar-refractivity contribution in [2.45, 2.75) is 32.9 Å². The van der Waals surface area contributed by atoms with Gasteiger partial charge in [-0.15, -0.1) is 10.2 Å². The van der Waals surface area contributed by atoms with Gasteiger partial charge in [0.1, 0.15) is 12.2 Å². The number of carbonyl (C=O) groups is 2. The van der Waals surface area contributed by atoms with E-state index in [-0.39, 0.29) is 46.1 Å². The van der Waals surface area contributed by atoms with Crippen LogP contribution in [0.25, 0.3) is 5.82 Å². The number of aryl methyl sites for hydroxylation is 1. The predicted molar refractivity (Wildman–Crippen MR) is 148 cm³/mol. The van der Waals surface area contributed by atoms with Crippen LogP contribution < -0.4 is 10.6 Å². The van der Waals surface area contributed by atoms with Crippen LogP contribution in [0.15, 0.2) is 36.5 Å². The summed E-state index contributed by atoms with van der Waals surface area (Å²) in [6, 6.07) is 7.56. The SMILES string of the molecule is CSC[C@H](C)NC(=O)c1cc(Cl)cc(C)c1NC(=O)c1cc(Cn2nnc(C(F)F)n2)nn1-c1ncccc1Cl. The number of tetrazole rings is 1. The Bertz CT molecular complexity index is 1550. The first kappa shape index (κ1) is 29.4. The zero-order valence-electron chi connectivity index (χ0n) is 21.4. The number of alkyl halides is 2. The number of hydrogen-bond acceptors (Lipinski definition) is 8. The number of thioether (sulfide) groups is 1. The van der Waals surface area contributed by atoms with Crippen molar-refractivity contribution < 1.29 is 18.4 Å². The van der Waals surface area contributed by atoms with Crippen LogP contribution in [0, 0.1) is 6.92 Å². The Morgan fingerprint density at radius 1 is 1.15 bits per heavy atom. The van der Waals surface area contributed by atoms with Gasteiger partial charge < -0.3 is 10.6 Å². The summed E-state index contributed by atoms with van der Waals surface area (Å²) in [5.41, 5.74) is 1.23. The van der Waals surface area contributed by atoms with Gasteiger partial charge in [0.05, 0.1) is 22.0 Å². The number of carbonyl (C=O) groups excluding carboxylic acids is 2. The summed E-state index contributed by atoms with van der Waals surface area (Å²) in [4.78, 5) is 31.9. The van der Waals surface area contributed by atoms with Gasteiger partial charge in [-0.3, -0.25) is 9.59 Å². The smallest absolute Gasteiger partial charge is 0.301 e. The predicted octanol–water partition coefficient (Wildman–Crippen LogP) is 4.59. The molecule has 4 aromatic rings. The van der Waals surface area contributed by atoms with Gasteiger partial charge in [0, 0.05) is 23.0 Å². The van der Waals surface area contributed by atoms with E-state index in [1.807, 2.05) is 13.2 Å². The highest BCUT2D eigenvalue weighted by Crippen LogP contribution is 2.27. The lowest BCUT2D eigenvalue weighted by molar-refractivity contribution is 0.0944. The van der Waals surface area contributed by atoms with Gasteiger partial charge in [0.25, 0.3) is 11.8 Å². The first-order valence-corrected chi connectivity index (χ1v) is 13.9. The number of aromatic nitrogens is 7. The van der Waals surface area contributed by atoms with Crippen molar-refractivity contribution in [3.63, 3.8) is 0 Å². The number of rotatable bonds is 10. The largest absolute Gasteiger partial charge is 0.349 e. The van der Waals surface area contributed by atoms with Gasteiger partial charge in [0.15, 0.2) is 5.82 Å². The van der Waals surface area contributed by atoms with Crippen LogP contribution in [0.5, 0.6) is 0 Å². The van der Waals surface area contributed by atoms with E-state index in [4.69, 9.17) is 23.2 Å². The van der Waals surface area contributed by atoms with Crippen LogP contribution in [-0.4, -0.2) is 64.8 Å². The van der Waals surface area contributed by atoms with Crippen LogP contribution in [-0.2, 0) is 6.54 Å². The van der Waals surface area contributed by atoms with E-state index in [0.29, 0.717) is 16.3 Å². The highest BCUT2D eigenvalue weighted by Gasteiger charge is 2.24. The lowest BCUT2D eigenvalue weighted by Gasteiger charge is -2.17. The van der Waals surface area contributed by atoms with E-state index in [0.717, 1.165) is 4.80 Å². The molecule has 3 aromatic heterocycles. The quantitative estimate of drug-likeness (QED) is 0.267. The molecule has 2 N–H and O–H groups in total. The number of nitrogens with zero attached hydrogens (tertiary/aromatic N) is 7. The van der Waals surface area contributed by atoms with E-state index < -0.39 is 24.1 Å². The molecule has 0 aliphatic rings. The second-order valence-electron chi connectivity index (χ2n) is 8.65. The van der Waals surface area contributed by atoms with E-state index in [2.05, 4.69) is 36.1 Å². The molecule has 3 heterocycles.